The predicted molar refractivity (Wildman–Crippen MR) is 60.2 cm³/mol. The Kier molecular flexibility index (Phi) is 4.05. The molecule has 1 rings (SSSR count). The Balaban J connectivity index is 3.27. The number of rotatable bonds is 3. The molecule has 1 nitrogen and oxygen atoms in total. The van der Waals surface area contributed by atoms with Crippen LogP contribution in [0, 0.1) is 11.2 Å². The van der Waals surface area contributed by atoms with Crippen LogP contribution in [0.15, 0.2) is 18.2 Å². The average molecular weight is 283 g/mol. The molecular weight excluding hydrogens is 272 g/mol. The summed E-state index contributed by atoms with van der Waals surface area (Å²) in [5, 5.41) is 0. The van der Waals surface area contributed by atoms with Crippen LogP contribution in [0.2, 0.25) is 0 Å². The van der Waals surface area contributed by atoms with Crippen molar-refractivity contribution in [1.29, 1.82) is 0 Å². The topological polar surface area (TPSA) is 17.1 Å². The third-order valence-electron chi connectivity index (χ3n) is 2.44. The summed E-state index contributed by atoms with van der Waals surface area (Å²) in [6.07, 6.45) is -4.69. The van der Waals surface area contributed by atoms with Gasteiger partial charge in [0.2, 0.25) is 0 Å². The highest BCUT2D eigenvalue weighted by Gasteiger charge is 2.34. The lowest BCUT2D eigenvalue weighted by Crippen LogP contribution is -2.26. The summed E-state index contributed by atoms with van der Waals surface area (Å²) in [6.45, 7) is 2.97. The SMILES string of the molecule is CC(C)(CCl)C(=O)c1cc(F)cc(C(F)(F)F)c1. The largest absolute Gasteiger partial charge is 0.416 e. The van der Waals surface area contributed by atoms with E-state index in [9.17, 15) is 22.4 Å². The fourth-order valence-corrected chi connectivity index (χ4v) is 1.46. The van der Waals surface area contributed by atoms with Gasteiger partial charge in [-0.15, -0.1) is 11.6 Å². The van der Waals surface area contributed by atoms with Gasteiger partial charge in [0.1, 0.15) is 5.82 Å². The van der Waals surface area contributed by atoms with E-state index in [4.69, 9.17) is 11.6 Å². The Morgan fingerprint density at radius 2 is 1.78 bits per heavy atom. The molecule has 0 aliphatic rings. The van der Waals surface area contributed by atoms with Gasteiger partial charge in [0.15, 0.2) is 5.78 Å². The van der Waals surface area contributed by atoms with Crippen molar-refractivity contribution in [2.24, 2.45) is 5.41 Å². The van der Waals surface area contributed by atoms with Gasteiger partial charge in [-0.2, -0.15) is 13.2 Å². The molecule has 1 aromatic rings. The molecule has 0 aromatic heterocycles. The lowest BCUT2D eigenvalue weighted by atomic mass is 9.86. The van der Waals surface area contributed by atoms with Crippen molar-refractivity contribution in [3.8, 4) is 0 Å². The maximum absolute atomic E-state index is 13.1. The molecule has 0 aliphatic heterocycles. The molecule has 0 fully saturated rings. The first kappa shape index (κ1) is 15.0. The minimum Gasteiger partial charge on any atom is -0.294 e. The molecule has 0 bridgehead atoms. The van der Waals surface area contributed by atoms with Crippen molar-refractivity contribution >= 4 is 17.4 Å². The molecule has 1 aromatic carbocycles. The molecule has 0 spiro atoms. The Morgan fingerprint density at radius 1 is 1.22 bits per heavy atom. The monoisotopic (exact) mass is 282 g/mol. The van der Waals surface area contributed by atoms with E-state index < -0.39 is 28.8 Å². The number of Topliss-reactive ketones (excluding diaryl/α,β-unsaturated/α-hetero) is 1. The highest BCUT2D eigenvalue weighted by atomic mass is 35.5. The molecule has 0 heterocycles. The highest BCUT2D eigenvalue weighted by molar-refractivity contribution is 6.21. The van der Waals surface area contributed by atoms with Crippen molar-refractivity contribution in [3.63, 3.8) is 0 Å². The maximum Gasteiger partial charge on any atom is 0.416 e. The van der Waals surface area contributed by atoms with E-state index in [1.807, 2.05) is 0 Å². The van der Waals surface area contributed by atoms with Gasteiger partial charge in [0.25, 0.3) is 0 Å². The van der Waals surface area contributed by atoms with Gasteiger partial charge in [-0.25, -0.2) is 4.39 Å². The molecular formula is C12H11ClF4O. The smallest absolute Gasteiger partial charge is 0.294 e. The summed E-state index contributed by atoms with van der Waals surface area (Å²) in [7, 11) is 0. The third-order valence-corrected chi connectivity index (χ3v) is 3.10. The predicted octanol–water partition coefficient (Wildman–Crippen LogP) is 4.29. The number of benzene rings is 1. The van der Waals surface area contributed by atoms with Crippen molar-refractivity contribution in [3.05, 3.63) is 35.1 Å². The minimum atomic E-state index is -4.69. The van der Waals surface area contributed by atoms with Crippen LogP contribution in [0.25, 0.3) is 0 Å². The highest BCUT2D eigenvalue weighted by Crippen LogP contribution is 2.32. The van der Waals surface area contributed by atoms with Crippen LogP contribution < -0.4 is 0 Å². The van der Waals surface area contributed by atoms with Gasteiger partial charge in [0, 0.05) is 16.9 Å². The number of alkyl halides is 4. The van der Waals surface area contributed by atoms with Crippen LogP contribution in [0.3, 0.4) is 0 Å². The van der Waals surface area contributed by atoms with Gasteiger partial charge >= 0.3 is 6.18 Å². The first-order valence-electron chi connectivity index (χ1n) is 5.06. The van der Waals surface area contributed by atoms with E-state index in [1.54, 1.807) is 0 Å². The first-order chi connectivity index (χ1) is 8.08. The summed E-state index contributed by atoms with van der Waals surface area (Å²) < 4.78 is 50.6. The average Bonchev–Trinajstić information content (AvgIpc) is 2.26. The van der Waals surface area contributed by atoms with Crippen molar-refractivity contribution in [2.45, 2.75) is 20.0 Å². The number of ketones is 1. The number of hydrogen-bond acceptors (Lipinski definition) is 1. The summed E-state index contributed by atoms with van der Waals surface area (Å²) in [5.74, 6) is -1.79. The van der Waals surface area contributed by atoms with Crippen LogP contribution in [-0.2, 0) is 6.18 Å². The number of carbonyl (C=O) groups is 1. The summed E-state index contributed by atoms with van der Waals surface area (Å²) in [4.78, 5) is 11.9. The van der Waals surface area contributed by atoms with Gasteiger partial charge in [-0.1, -0.05) is 13.8 Å². The van der Waals surface area contributed by atoms with Gasteiger partial charge in [-0.3, -0.25) is 4.79 Å². The second-order valence-electron chi connectivity index (χ2n) is 4.57. The van der Waals surface area contributed by atoms with Crippen LogP contribution >= 0.6 is 11.6 Å². The van der Waals surface area contributed by atoms with Crippen LogP contribution in [-0.4, -0.2) is 11.7 Å². The van der Waals surface area contributed by atoms with E-state index in [1.165, 1.54) is 13.8 Å². The van der Waals surface area contributed by atoms with Gasteiger partial charge < -0.3 is 0 Å². The number of hydrogen-bond donors (Lipinski definition) is 0. The van der Waals surface area contributed by atoms with E-state index in [0.717, 1.165) is 6.07 Å². The van der Waals surface area contributed by atoms with E-state index in [-0.39, 0.29) is 11.4 Å². The van der Waals surface area contributed by atoms with E-state index >= 15 is 0 Å². The van der Waals surface area contributed by atoms with Gasteiger partial charge in [-0.05, 0) is 18.2 Å². The zero-order chi connectivity index (χ0) is 14.1. The molecule has 0 saturated carbocycles. The molecule has 0 unspecified atom stereocenters. The first-order valence-corrected chi connectivity index (χ1v) is 5.60. The quantitative estimate of drug-likeness (QED) is 0.459. The molecule has 6 heteroatoms. The van der Waals surface area contributed by atoms with E-state index in [0.29, 0.717) is 12.1 Å². The second kappa shape index (κ2) is 4.88. The summed E-state index contributed by atoms with van der Waals surface area (Å²) in [5.41, 5.74) is -2.55. The van der Waals surface area contributed by atoms with Gasteiger partial charge in [0.05, 0.1) is 5.56 Å². The van der Waals surface area contributed by atoms with Crippen LogP contribution in [0.5, 0.6) is 0 Å². The number of halogens is 5. The second-order valence-corrected chi connectivity index (χ2v) is 4.84. The van der Waals surface area contributed by atoms with Crippen molar-refractivity contribution in [2.75, 3.05) is 5.88 Å². The van der Waals surface area contributed by atoms with Crippen molar-refractivity contribution < 1.29 is 22.4 Å². The number of carbonyl (C=O) groups excluding carboxylic acids is 1. The Morgan fingerprint density at radius 3 is 2.22 bits per heavy atom. The molecule has 0 amide bonds. The minimum absolute atomic E-state index is 0.0658. The Hall–Kier alpha value is -1.10. The zero-order valence-corrected chi connectivity index (χ0v) is 10.5. The lowest BCUT2D eigenvalue weighted by Gasteiger charge is -2.20. The molecule has 0 radical (unpaired) electrons. The summed E-state index contributed by atoms with van der Waals surface area (Å²) >= 11 is 5.57. The Bertz CT molecular complexity index is 466. The fourth-order valence-electron chi connectivity index (χ4n) is 1.34. The molecule has 0 saturated heterocycles. The standard InChI is InChI=1S/C12H11ClF4O/c1-11(2,6-13)10(18)7-3-8(12(15,16)17)5-9(14)4-7/h3-5H,6H2,1-2H3. The van der Waals surface area contributed by atoms with Crippen molar-refractivity contribution in [1.82, 2.24) is 0 Å². The van der Waals surface area contributed by atoms with Crippen LogP contribution in [0.1, 0.15) is 29.8 Å². The van der Waals surface area contributed by atoms with Crippen LogP contribution in [0.4, 0.5) is 17.6 Å². The normalized spacial score (nSPS) is 12.6. The molecule has 0 aliphatic carbocycles. The van der Waals surface area contributed by atoms with E-state index in [2.05, 4.69) is 0 Å². The third kappa shape index (κ3) is 3.22. The zero-order valence-electron chi connectivity index (χ0n) is 9.74. The summed E-state index contributed by atoms with van der Waals surface area (Å²) in [6, 6.07) is 1.77. The molecule has 100 valence electrons. The maximum atomic E-state index is 13.1. The Labute approximate surface area is 107 Å². The molecule has 18 heavy (non-hydrogen) atoms. The molecule has 0 N–H and O–H groups in total. The lowest BCUT2D eigenvalue weighted by molar-refractivity contribution is -0.137. The molecule has 0 atom stereocenters. The fraction of sp³-hybridized carbons (Fsp3) is 0.417.